The van der Waals surface area contributed by atoms with Gasteiger partial charge >= 0.3 is 0 Å². The summed E-state index contributed by atoms with van der Waals surface area (Å²) in [5, 5.41) is 3.19. The molecule has 4 aromatic rings. The van der Waals surface area contributed by atoms with E-state index >= 15 is 0 Å². The summed E-state index contributed by atoms with van der Waals surface area (Å²) in [5.74, 6) is -0.383. The summed E-state index contributed by atoms with van der Waals surface area (Å²) in [6.45, 7) is 0.178. The van der Waals surface area contributed by atoms with Crippen LogP contribution in [0.2, 0.25) is 0 Å². The zero-order chi connectivity index (χ0) is 28.1. The van der Waals surface area contributed by atoms with Gasteiger partial charge in [0.05, 0.1) is 12.8 Å². The van der Waals surface area contributed by atoms with Crippen LogP contribution in [-0.4, -0.2) is 34.2 Å². The van der Waals surface area contributed by atoms with Gasteiger partial charge in [-0.3, -0.25) is 9.59 Å². The number of anilines is 1. The van der Waals surface area contributed by atoms with Gasteiger partial charge in [0.1, 0.15) is 28.2 Å². The predicted molar refractivity (Wildman–Crippen MR) is 154 cm³/mol. The van der Waals surface area contributed by atoms with Crippen LogP contribution in [0.1, 0.15) is 52.5 Å². The molecule has 2 amide bonds. The third kappa shape index (κ3) is 5.99. The van der Waals surface area contributed by atoms with Crippen LogP contribution in [0.4, 0.5) is 10.1 Å². The molecule has 7 nitrogen and oxygen atoms in total. The highest BCUT2D eigenvalue weighted by atomic mass is 32.1. The summed E-state index contributed by atoms with van der Waals surface area (Å²) < 4.78 is 23.3. The van der Waals surface area contributed by atoms with Crippen LogP contribution in [0.3, 0.4) is 0 Å². The Balaban J connectivity index is 1.56. The Morgan fingerprint density at radius 3 is 2.38 bits per heavy atom. The number of amides is 2. The molecular weight excluding hydrogens is 527 g/mol. The number of hydrogen-bond acceptors (Lipinski definition) is 6. The zero-order valence-electron chi connectivity index (χ0n) is 22.2. The third-order valence-electron chi connectivity index (χ3n) is 7.19. The number of benzene rings is 3. The first kappa shape index (κ1) is 27.3. The molecule has 0 bridgehead atoms. The average molecular weight is 559 g/mol. The normalized spacial score (nSPS) is 14.1. The molecule has 1 saturated carbocycles. The number of carbonyl (C=O) groups is 2. The number of nitrogens with two attached hydrogens (primary N) is 1. The van der Waals surface area contributed by atoms with Gasteiger partial charge in [0.15, 0.2) is 0 Å². The molecule has 3 N–H and O–H groups in total. The van der Waals surface area contributed by atoms with Gasteiger partial charge in [-0.05, 0) is 71.9 Å². The van der Waals surface area contributed by atoms with E-state index < -0.39 is 11.9 Å². The van der Waals surface area contributed by atoms with E-state index in [1.807, 2.05) is 42.5 Å². The number of nitrogen functional groups attached to an aromatic ring is 1. The van der Waals surface area contributed by atoms with E-state index in [1.165, 1.54) is 12.1 Å². The molecule has 0 aliphatic heterocycles. The Hall–Kier alpha value is -4.24. The van der Waals surface area contributed by atoms with Crippen molar-refractivity contribution in [1.82, 2.24) is 14.6 Å². The van der Waals surface area contributed by atoms with E-state index in [1.54, 1.807) is 36.3 Å². The number of rotatable bonds is 9. The molecular formula is C31H31FN4O3S. The Bertz CT molecular complexity index is 1450. The molecule has 1 atom stereocenters. The summed E-state index contributed by atoms with van der Waals surface area (Å²) in [7, 11) is 1.58. The molecule has 0 unspecified atom stereocenters. The van der Waals surface area contributed by atoms with Gasteiger partial charge in [-0.2, -0.15) is 4.37 Å². The van der Waals surface area contributed by atoms with Crippen LogP contribution >= 0.6 is 11.5 Å². The van der Waals surface area contributed by atoms with Gasteiger partial charge in [-0.1, -0.05) is 55.3 Å². The van der Waals surface area contributed by atoms with E-state index in [0.29, 0.717) is 22.6 Å². The molecule has 0 saturated heterocycles. The van der Waals surface area contributed by atoms with Crippen molar-refractivity contribution >= 4 is 29.0 Å². The van der Waals surface area contributed by atoms with Crippen molar-refractivity contribution in [2.75, 3.05) is 12.8 Å². The maximum absolute atomic E-state index is 14.3. The highest BCUT2D eigenvalue weighted by Crippen LogP contribution is 2.35. The lowest BCUT2D eigenvalue weighted by molar-refractivity contribution is -0.126. The predicted octanol–water partition coefficient (Wildman–Crippen LogP) is 5.98. The molecule has 9 heteroatoms. The molecule has 206 valence electrons. The van der Waals surface area contributed by atoms with Crippen LogP contribution in [-0.2, 0) is 11.3 Å². The molecule has 1 heterocycles. The van der Waals surface area contributed by atoms with Crippen molar-refractivity contribution in [3.05, 3.63) is 101 Å². The highest BCUT2D eigenvalue weighted by molar-refractivity contribution is 7.09. The van der Waals surface area contributed by atoms with Gasteiger partial charge in [-0.15, -0.1) is 0 Å². The van der Waals surface area contributed by atoms with Gasteiger partial charge in [0.2, 0.25) is 5.91 Å². The fourth-order valence-corrected chi connectivity index (χ4v) is 5.84. The topological polar surface area (TPSA) is 97.5 Å². The highest BCUT2D eigenvalue weighted by Gasteiger charge is 2.35. The largest absolute Gasteiger partial charge is 0.497 e. The number of aromatic nitrogens is 1. The van der Waals surface area contributed by atoms with Crippen molar-refractivity contribution in [2.45, 2.75) is 44.3 Å². The molecule has 1 aromatic heterocycles. The molecule has 1 aliphatic rings. The maximum atomic E-state index is 14.3. The molecule has 1 fully saturated rings. The second-order valence-corrected chi connectivity index (χ2v) is 10.6. The summed E-state index contributed by atoms with van der Waals surface area (Å²) in [6.07, 6.45) is 3.95. The van der Waals surface area contributed by atoms with E-state index in [0.717, 1.165) is 42.8 Å². The van der Waals surface area contributed by atoms with Crippen molar-refractivity contribution in [1.29, 1.82) is 0 Å². The number of carbonyl (C=O) groups excluding carboxylic acids is 2. The Morgan fingerprint density at radius 1 is 1.05 bits per heavy atom. The number of nitrogens with zero attached hydrogens (tertiary/aromatic N) is 2. The minimum atomic E-state index is -0.921. The monoisotopic (exact) mass is 558 g/mol. The summed E-state index contributed by atoms with van der Waals surface area (Å²) >= 11 is 0.974. The Kier molecular flexibility index (Phi) is 8.40. The molecule has 0 spiro atoms. The minimum Gasteiger partial charge on any atom is -0.497 e. The van der Waals surface area contributed by atoms with Crippen LogP contribution in [0.15, 0.2) is 78.9 Å². The van der Waals surface area contributed by atoms with Crippen molar-refractivity contribution in [3.8, 4) is 17.0 Å². The summed E-state index contributed by atoms with van der Waals surface area (Å²) in [4.78, 5) is 30.0. The molecule has 40 heavy (non-hydrogen) atoms. The van der Waals surface area contributed by atoms with E-state index in [2.05, 4.69) is 9.69 Å². The second kappa shape index (κ2) is 12.3. The number of hydrogen-bond donors (Lipinski definition) is 2. The lowest BCUT2D eigenvalue weighted by Gasteiger charge is -2.32. The fourth-order valence-electron chi connectivity index (χ4n) is 5.07. The number of halogens is 1. The second-order valence-electron chi connectivity index (χ2n) is 9.87. The smallest absolute Gasteiger partial charge is 0.268 e. The van der Waals surface area contributed by atoms with Crippen LogP contribution < -0.4 is 15.8 Å². The first-order chi connectivity index (χ1) is 19.4. The minimum absolute atomic E-state index is 0.0699. The maximum Gasteiger partial charge on any atom is 0.268 e. The van der Waals surface area contributed by atoms with Gasteiger partial charge in [0.25, 0.3) is 5.91 Å². The van der Waals surface area contributed by atoms with E-state index in [9.17, 15) is 14.0 Å². The van der Waals surface area contributed by atoms with Crippen molar-refractivity contribution < 1.29 is 18.7 Å². The number of methoxy groups -OCH3 is 1. The van der Waals surface area contributed by atoms with E-state index in [-0.39, 0.29) is 34.9 Å². The van der Waals surface area contributed by atoms with Crippen LogP contribution in [0.5, 0.6) is 5.75 Å². The molecule has 5 rings (SSSR count). The lowest BCUT2D eigenvalue weighted by atomic mass is 10.0. The molecule has 3 aromatic carbocycles. The quantitative estimate of drug-likeness (QED) is 0.263. The molecule has 0 radical (unpaired) electrons. The summed E-state index contributed by atoms with van der Waals surface area (Å²) in [6, 6.07) is 21.7. The van der Waals surface area contributed by atoms with Crippen molar-refractivity contribution in [2.24, 2.45) is 0 Å². The molecule has 1 aliphatic carbocycles. The average Bonchev–Trinajstić information content (AvgIpc) is 3.63. The Labute approximate surface area is 236 Å². The lowest BCUT2D eigenvalue weighted by Crippen LogP contribution is -2.45. The zero-order valence-corrected chi connectivity index (χ0v) is 23.0. The summed E-state index contributed by atoms with van der Waals surface area (Å²) in [5.41, 5.74) is 9.21. The first-order valence-electron chi connectivity index (χ1n) is 13.2. The van der Waals surface area contributed by atoms with Crippen molar-refractivity contribution in [3.63, 3.8) is 0 Å². The van der Waals surface area contributed by atoms with E-state index in [4.69, 9.17) is 10.5 Å². The number of ether oxygens (including phenoxy) is 1. The van der Waals surface area contributed by atoms with Crippen LogP contribution in [0.25, 0.3) is 11.3 Å². The van der Waals surface area contributed by atoms with Gasteiger partial charge in [0, 0.05) is 18.2 Å². The standard InChI is InChI=1S/C31H31FN4O3S/c1-39-25-17-13-22(14-18-25)28(30(37)34-24-9-5-6-10-24)36(19-20-7-3-2-4-8-20)31(38)29-26(33)27(35-40-29)21-11-15-23(32)16-12-21/h2-4,7-8,11-18,24,28H,5-6,9-10,19,33H2,1H3,(H,34,37)/t28-/m1/s1. The van der Waals surface area contributed by atoms with Gasteiger partial charge < -0.3 is 20.7 Å². The first-order valence-corrected chi connectivity index (χ1v) is 14.0. The fraction of sp³-hybridized carbons (Fsp3) is 0.258. The number of nitrogens with one attached hydrogen (secondary N) is 1. The SMILES string of the molecule is COc1ccc([C@H](C(=O)NC2CCCC2)N(Cc2ccccc2)C(=O)c2snc(-c3ccc(F)cc3)c2N)cc1. The van der Waals surface area contributed by atoms with Crippen LogP contribution in [0, 0.1) is 5.82 Å². The van der Waals surface area contributed by atoms with Gasteiger partial charge in [-0.25, -0.2) is 4.39 Å². The Morgan fingerprint density at radius 2 is 1.73 bits per heavy atom. The third-order valence-corrected chi connectivity index (χ3v) is 8.04.